The molecule has 0 bridgehead atoms. The van der Waals surface area contributed by atoms with Gasteiger partial charge in [0.2, 0.25) is 5.75 Å². The molecule has 5 heteroatoms. The van der Waals surface area contributed by atoms with Crippen molar-refractivity contribution in [2.75, 3.05) is 33.9 Å². The van der Waals surface area contributed by atoms with Crippen LogP contribution >= 0.6 is 0 Å². The predicted molar refractivity (Wildman–Crippen MR) is 64.8 cm³/mol. The molecule has 0 radical (unpaired) electrons. The average molecular weight is 238 g/mol. The first-order valence-corrected chi connectivity index (χ1v) is 5.65. The second kappa shape index (κ2) is 5.25. The number of ether oxygens (including phenoxy) is 2. The van der Waals surface area contributed by atoms with Gasteiger partial charge in [0.1, 0.15) is 0 Å². The van der Waals surface area contributed by atoms with Crippen LogP contribution in [0.2, 0.25) is 0 Å². The number of phenolic OH excluding ortho intramolecular Hbond substituents is 1. The van der Waals surface area contributed by atoms with Gasteiger partial charge >= 0.3 is 0 Å². The van der Waals surface area contributed by atoms with E-state index >= 15 is 0 Å². The molecule has 1 aromatic rings. The number of phenols is 1. The largest absolute Gasteiger partial charge is 0.502 e. The lowest BCUT2D eigenvalue weighted by Crippen LogP contribution is -2.42. The van der Waals surface area contributed by atoms with Gasteiger partial charge < -0.3 is 25.2 Å². The number of hydrogen-bond acceptors (Lipinski definition) is 5. The Morgan fingerprint density at radius 3 is 2.29 bits per heavy atom. The van der Waals surface area contributed by atoms with Crippen molar-refractivity contribution < 1.29 is 14.6 Å². The zero-order chi connectivity index (χ0) is 12.3. The van der Waals surface area contributed by atoms with Crippen LogP contribution in [0.1, 0.15) is 11.6 Å². The second-order valence-corrected chi connectivity index (χ2v) is 3.98. The maximum absolute atomic E-state index is 9.83. The molecule has 5 nitrogen and oxygen atoms in total. The topological polar surface area (TPSA) is 62.8 Å². The maximum Gasteiger partial charge on any atom is 0.200 e. The molecule has 0 unspecified atom stereocenters. The highest BCUT2D eigenvalue weighted by Gasteiger charge is 2.19. The summed E-state index contributed by atoms with van der Waals surface area (Å²) in [5.74, 6) is 0.918. The van der Waals surface area contributed by atoms with E-state index in [0.29, 0.717) is 11.5 Å². The van der Waals surface area contributed by atoms with Crippen LogP contribution in [0, 0.1) is 0 Å². The zero-order valence-electron chi connectivity index (χ0n) is 10.1. The average Bonchev–Trinajstić information content (AvgIpc) is 2.40. The zero-order valence-corrected chi connectivity index (χ0v) is 10.1. The smallest absolute Gasteiger partial charge is 0.200 e. The van der Waals surface area contributed by atoms with Crippen LogP contribution in [0.4, 0.5) is 0 Å². The van der Waals surface area contributed by atoms with Gasteiger partial charge in [0.15, 0.2) is 11.5 Å². The lowest BCUT2D eigenvalue weighted by Gasteiger charge is -2.25. The van der Waals surface area contributed by atoms with Crippen molar-refractivity contribution in [3.63, 3.8) is 0 Å². The fourth-order valence-corrected chi connectivity index (χ4v) is 2.00. The van der Waals surface area contributed by atoms with Gasteiger partial charge in [0.05, 0.1) is 14.2 Å². The van der Waals surface area contributed by atoms with Crippen molar-refractivity contribution in [2.24, 2.45) is 0 Å². The molecule has 1 heterocycles. The molecule has 1 aliphatic rings. The molecule has 2 rings (SSSR count). The maximum atomic E-state index is 9.83. The SMILES string of the molecule is COc1cc([C@H]2CNCCN2)cc(OC)c1O. The summed E-state index contributed by atoms with van der Waals surface area (Å²) in [6, 6.07) is 3.89. The van der Waals surface area contributed by atoms with Gasteiger partial charge in [0, 0.05) is 25.7 Å². The first-order chi connectivity index (χ1) is 8.26. The van der Waals surface area contributed by atoms with Crippen LogP contribution in [-0.4, -0.2) is 39.0 Å². The van der Waals surface area contributed by atoms with E-state index in [9.17, 15) is 5.11 Å². The van der Waals surface area contributed by atoms with Crippen molar-refractivity contribution in [1.29, 1.82) is 0 Å². The Morgan fingerprint density at radius 1 is 1.18 bits per heavy atom. The highest BCUT2D eigenvalue weighted by molar-refractivity contribution is 5.53. The van der Waals surface area contributed by atoms with E-state index in [1.807, 2.05) is 12.1 Å². The van der Waals surface area contributed by atoms with Crippen molar-refractivity contribution in [3.8, 4) is 17.2 Å². The minimum absolute atomic E-state index is 0.0440. The molecule has 1 aromatic carbocycles. The minimum atomic E-state index is 0.0440. The summed E-state index contributed by atoms with van der Waals surface area (Å²) in [4.78, 5) is 0. The Kier molecular flexibility index (Phi) is 3.71. The van der Waals surface area contributed by atoms with E-state index in [2.05, 4.69) is 10.6 Å². The Hall–Kier alpha value is -1.46. The van der Waals surface area contributed by atoms with E-state index in [-0.39, 0.29) is 11.8 Å². The number of benzene rings is 1. The molecule has 0 aliphatic carbocycles. The number of hydrogen-bond donors (Lipinski definition) is 3. The quantitative estimate of drug-likeness (QED) is 0.721. The molecule has 3 N–H and O–H groups in total. The second-order valence-electron chi connectivity index (χ2n) is 3.98. The molecule has 0 aromatic heterocycles. The van der Waals surface area contributed by atoms with Gasteiger partial charge in [-0.05, 0) is 17.7 Å². The summed E-state index contributed by atoms with van der Waals surface area (Å²) >= 11 is 0. The standard InChI is InChI=1S/C12H18N2O3/c1-16-10-5-8(6-11(17-2)12(10)15)9-7-13-3-4-14-9/h5-6,9,13-15H,3-4,7H2,1-2H3/t9-/m1/s1. The lowest BCUT2D eigenvalue weighted by molar-refractivity contribution is 0.336. The molecule has 0 spiro atoms. The van der Waals surface area contributed by atoms with Crippen molar-refractivity contribution in [2.45, 2.75) is 6.04 Å². The number of piperazine rings is 1. The summed E-state index contributed by atoms with van der Waals surface area (Å²) in [7, 11) is 3.07. The van der Waals surface area contributed by atoms with Crippen molar-refractivity contribution in [3.05, 3.63) is 17.7 Å². The Balaban J connectivity index is 2.33. The highest BCUT2D eigenvalue weighted by atomic mass is 16.5. The van der Waals surface area contributed by atoms with Gasteiger partial charge in [-0.25, -0.2) is 0 Å². The molecule has 0 amide bonds. The molecular formula is C12H18N2O3. The predicted octanol–water partition coefficient (Wildman–Crippen LogP) is 0.643. The third-order valence-electron chi connectivity index (χ3n) is 2.95. The van der Waals surface area contributed by atoms with E-state index in [0.717, 1.165) is 25.2 Å². The summed E-state index contributed by atoms with van der Waals surface area (Å²) in [6.45, 7) is 2.76. The molecule has 1 fully saturated rings. The fraction of sp³-hybridized carbons (Fsp3) is 0.500. The highest BCUT2D eigenvalue weighted by Crippen LogP contribution is 2.38. The number of methoxy groups -OCH3 is 2. The van der Waals surface area contributed by atoms with Crippen molar-refractivity contribution >= 4 is 0 Å². The number of nitrogens with one attached hydrogen (secondary N) is 2. The monoisotopic (exact) mass is 238 g/mol. The third-order valence-corrected chi connectivity index (χ3v) is 2.95. The minimum Gasteiger partial charge on any atom is -0.502 e. The first-order valence-electron chi connectivity index (χ1n) is 5.65. The van der Waals surface area contributed by atoms with Gasteiger partial charge in [-0.1, -0.05) is 0 Å². The van der Waals surface area contributed by atoms with Gasteiger partial charge in [0.25, 0.3) is 0 Å². The van der Waals surface area contributed by atoms with Gasteiger partial charge in [-0.2, -0.15) is 0 Å². The summed E-state index contributed by atoms with van der Waals surface area (Å²) in [5, 5.41) is 16.5. The lowest BCUT2D eigenvalue weighted by atomic mass is 10.0. The van der Waals surface area contributed by atoms with E-state index < -0.39 is 0 Å². The Bertz CT molecular complexity index is 364. The molecule has 1 atom stereocenters. The Labute approximate surface area is 101 Å². The summed E-state index contributed by atoms with van der Waals surface area (Å²) < 4.78 is 10.3. The molecule has 1 aliphatic heterocycles. The van der Waals surface area contributed by atoms with Crippen LogP contribution < -0.4 is 20.1 Å². The Morgan fingerprint density at radius 2 is 1.82 bits per heavy atom. The summed E-state index contributed by atoms with van der Waals surface area (Å²) in [6.07, 6.45) is 0. The normalized spacial score (nSPS) is 20.0. The van der Waals surface area contributed by atoms with Gasteiger partial charge in [-0.15, -0.1) is 0 Å². The van der Waals surface area contributed by atoms with Crippen LogP contribution in [0.15, 0.2) is 12.1 Å². The van der Waals surface area contributed by atoms with Gasteiger partial charge in [-0.3, -0.25) is 0 Å². The molecular weight excluding hydrogens is 220 g/mol. The van der Waals surface area contributed by atoms with Crippen LogP contribution in [0.5, 0.6) is 17.2 Å². The summed E-state index contributed by atoms with van der Waals surface area (Å²) in [5.41, 5.74) is 1.05. The molecule has 0 saturated carbocycles. The number of rotatable bonds is 3. The van der Waals surface area contributed by atoms with Crippen LogP contribution in [0.25, 0.3) is 0 Å². The van der Waals surface area contributed by atoms with Crippen molar-refractivity contribution in [1.82, 2.24) is 10.6 Å². The van der Waals surface area contributed by atoms with E-state index in [4.69, 9.17) is 9.47 Å². The molecule has 94 valence electrons. The van der Waals surface area contributed by atoms with Crippen LogP contribution in [-0.2, 0) is 0 Å². The van der Waals surface area contributed by atoms with E-state index in [1.54, 1.807) is 0 Å². The fourth-order valence-electron chi connectivity index (χ4n) is 2.00. The number of aromatic hydroxyl groups is 1. The third kappa shape index (κ3) is 2.45. The van der Waals surface area contributed by atoms with Crippen LogP contribution in [0.3, 0.4) is 0 Å². The molecule has 1 saturated heterocycles. The first kappa shape index (κ1) is 12.0. The van der Waals surface area contributed by atoms with E-state index in [1.165, 1.54) is 14.2 Å². The molecule has 17 heavy (non-hydrogen) atoms.